The van der Waals surface area contributed by atoms with Crippen LogP contribution in [0.15, 0.2) is 55.1 Å². The van der Waals surface area contributed by atoms with Crippen molar-refractivity contribution in [2.24, 2.45) is 5.73 Å². The van der Waals surface area contributed by atoms with E-state index >= 15 is 0 Å². The number of para-hydroxylation sites is 1. The van der Waals surface area contributed by atoms with Gasteiger partial charge in [0.25, 0.3) is 0 Å². The van der Waals surface area contributed by atoms with Crippen molar-refractivity contribution in [1.82, 2.24) is 9.55 Å². The molecule has 0 atom stereocenters. The van der Waals surface area contributed by atoms with E-state index < -0.39 is 24.4 Å². The number of carbonyl (C=O) groups is 2. The summed E-state index contributed by atoms with van der Waals surface area (Å²) in [5, 5.41) is 19.8. The van der Waals surface area contributed by atoms with Crippen LogP contribution in [-0.4, -0.2) is 51.2 Å². The van der Waals surface area contributed by atoms with Gasteiger partial charge in [0.05, 0.1) is 17.0 Å². The number of pyridine rings is 1. The number of amides is 1. The number of aliphatic hydroxyl groups is 1. The molecule has 0 saturated heterocycles. The highest BCUT2D eigenvalue weighted by Gasteiger charge is 2.28. The Morgan fingerprint density at radius 3 is 2.33 bits per heavy atom. The number of nitrogens with zero attached hydrogens (tertiary/aromatic N) is 2. The van der Waals surface area contributed by atoms with Gasteiger partial charge in [0.2, 0.25) is 6.41 Å². The molecule has 3 rings (SSSR count). The monoisotopic (exact) mass is 549 g/mol. The number of hydrogen-bond donors (Lipinski definition) is 4. The number of alkyl halides is 3. The van der Waals surface area contributed by atoms with Crippen LogP contribution in [0.4, 0.5) is 23.7 Å². The molecule has 1 amide bonds. The van der Waals surface area contributed by atoms with Crippen LogP contribution in [0, 0.1) is 12.3 Å². The Morgan fingerprint density at radius 2 is 1.82 bits per heavy atom. The summed E-state index contributed by atoms with van der Waals surface area (Å²) >= 11 is 0. The summed E-state index contributed by atoms with van der Waals surface area (Å²) in [7, 11) is 0. The first-order valence-corrected chi connectivity index (χ1v) is 11.8. The van der Waals surface area contributed by atoms with Gasteiger partial charge in [0.1, 0.15) is 12.1 Å². The lowest BCUT2D eigenvalue weighted by Gasteiger charge is -2.19. The van der Waals surface area contributed by atoms with E-state index in [-0.39, 0.29) is 29.1 Å². The molecule has 0 radical (unpaired) electrons. The zero-order valence-corrected chi connectivity index (χ0v) is 22.5. The lowest BCUT2D eigenvalue weighted by molar-refractivity contribution is -0.115. The molecule has 0 aliphatic heterocycles. The fourth-order valence-electron chi connectivity index (χ4n) is 3.09. The molecule has 0 fully saturated rings. The third-order valence-electron chi connectivity index (χ3n) is 4.77. The number of primary amides is 1. The molecule has 5 N–H and O–H groups in total. The van der Waals surface area contributed by atoms with Gasteiger partial charge in [-0.15, -0.1) is 0 Å². The molecule has 3 aromatic rings. The molecule has 212 valence electrons. The van der Waals surface area contributed by atoms with Gasteiger partial charge in [-0.1, -0.05) is 31.7 Å². The first-order valence-electron chi connectivity index (χ1n) is 11.8. The van der Waals surface area contributed by atoms with Crippen LogP contribution in [0.2, 0.25) is 0 Å². The number of anilines is 1. The second kappa shape index (κ2) is 14.0. The Balaban J connectivity index is 0.000000838. The molecule has 2 aromatic heterocycles. The van der Waals surface area contributed by atoms with Gasteiger partial charge in [-0.2, -0.15) is 13.2 Å². The Hall–Kier alpha value is -4.35. The van der Waals surface area contributed by atoms with E-state index in [4.69, 9.17) is 20.0 Å². The molecule has 0 spiro atoms. The number of hydrogen-bond acceptors (Lipinski definition) is 7. The number of allylic oxidation sites excluding steroid dienone is 1. The van der Waals surface area contributed by atoms with Gasteiger partial charge in [0, 0.05) is 46.7 Å². The standard InChI is InChI=1S/C22H23F3N4O2.C4H8O.CH3NO/c1-13-9-17(28-12-22(23,24)25)15(10-27-13)19(26)16-11-29(20(30)31-21(2,3)4)18-8-6-5-7-14(16)18;1-3-4(2)5;2-1-3/h5-11,26H,12H2,1-4H3,(H,27,28);5H,2-3H2,1H3;1H,(H2,2,3). The number of ether oxygens (including phenoxy) is 1. The number of carbonyl (C=O) groups excluding carboxylic acids is 2. The molecular weight excluding hydrogens is 515 g/mol. The molecule has 1 aromatic carbocycles. The minimum absolute atomic E-state index is 0.0596. The zero-order valence-electron chi connectivity index (χ0n) is 22.5. The Morgan fingerprint density at radius 1 is 1.26 bits per heavy atom. The number of benzene rings is 1. The maximum atomic E-state index is 12.7. The predicted molar refractivity (Wildman–Crippen MR) is 145 cm³/mol. The van der Waals surface area contributed by atoms with Crippen molar-refractivity contribution in [3.8, 4) is 0 Å². The largest absolute Gasteiger partial charge is 0.513 e. The third-order valence-corrected chi connectivity index (χ3v) is 4.77. The molecule has 0 bridgehead atoms. The highest BCUT2D eigenvalue weighted by molar-refractivity contribution is 6.20. The summed E-state index contributed by atoms with van der Waals surface area (Å²) in [5.41, 5.74) is 5.15. The molecule has 39 heavy (non-hydrogen) atoms. The summed E-state index contributed by atoms with van der Waals surface area (Å²) in [6, 6.07) is 8.43. The Labute approximate surface area is 225 Å². The fourth-order valence-corrected chi connectivity index (χ4v) is 3.09. The number of aryl methyl sites for hydroxylation is 1. The van der Waals surface area contributed by atoms with Crippen molar-refractivity contribution >= 4 is 34.8 Å². The van der Waals surface area contributed by atoms with Crippen molar-refractivity contribution in [1.29, 1.82) is 5.41 Å². The molecule has 0 saturated carbocycles. The summed E-state index contributed by atoms with van der Waals surface area (Å²) in [6.45, 7) is 10.7. The third kappa shape index (κ3) is 10.5. The number of aliphatic hydroxyl groups excluding tert-OH is 1. The molecule has 9 nitrogen and oxygen atoms in total. The van der Waals surface area contributed by atoms with Gasteiger partial charge in [-0.05, 0) is 39.8 Å². The lowest BCUT2D eigenvalue weighted by Crippen LogP contribution is -2.26. The average Bonchev–Trinajstić information content (AvgIpc) is 3.22. The van der Waals surface area contributed by atoms with E-state index in [9.17, 15) is 18.0 Å². The second-order valence-electron chi connectivity index (χ2n) is 9.18. The normalized spacial score (nSPS) is 10.9. The minimum atomic E-state index is -4.41. The molecule has 12 heteroatoms. The van der Waals surface area contributed by atoms with E-state index in [1.54, 1.807) is 52.0 Å². The van der Waals surface area contributed by atoms with Gasteiger partial charge < -0.3 is 20.9 Å². The van der Waals surface area contributed by atoms with Crippen LogP contribution in [0.1, 0.15) is 50.9 Å². The maximum Gasteiger partial charge on any atom is 0.419 e. The van der Waals surface area contributed by atoms with Crippen LogP contribution < -0.4 is 11.1 Å². The van der Waals surface area contributed by atoms with E-state index in [1.807, 2.05) is 6.92 Å². The number of halogens is 3. The maximum absolute atomic E-state index is 12.7. The van der Waals surface area contributed by atoms with Crippen LogP contribution in [0.3, 0.4) is 0 Å². The molecular formula is C27H34F3N5O4. The van der Waals surface area contributed by atoms with Crippen molar-refractivity contribution < 1.29 is 32.6 Å². The van der Waals surface area contributed by atoms with E-state index in [1.165, 1.54) is 23.0 Å². The summed E-state index contributed by atoms with van der Waals surface area (Å²) < 4.78 is 45.0. The molecule has 0 unspecified atom stereocenters. The van der Waals surface area contributed by atoms with E-state index in [2.05, 4.69) is 22.6 Å². The van der Waals surface area contributed by atoms with Gasteiger partial charge in [-0.3, -0.25) is 19.8 Å². The van der Waals surface area contributed by atoms with Gasteiger partial charge in [-0.25, -0.2) is 4.79 Å². The highest BCUT2D eigenvalue weighted by atomic mass is 19.4. The van der Waals surface area contributed by atoms with E-state index in [0.29, 0.717) is 28.6 Å². The number of aromatic nitrogens is 2. The molecule has 0 aliphatic rings. The summed E-state index contributed by atoms with van der Waals surface area (Å²) in [4.78, 5) is 25.4. The lowest BCUT2D eigenvalue weighted by atomic mass is 10.0. The topological polar surface area (TPSA) is 143 Å². The van der Waals surface area contributed by atoms with Crippen molar-refractivity contribution in [2.75, 3.05) is 11.9 Å². The van der Waals surface area contributed by atoms with Crippen LogP contribution in [0.25, 0.3) is 10.9 Å². The molecule has 2 heterocycles. The smallest absolute Gasteiger partial charge is 0.419 e. The Kier molecular flexibility index (Phi) is 11.7. The predicted octanol–water partition coefficient (Wildman–Crippen LogP) is 6.09. The highest BCUT2D eigenvalue weighted by Crippen LogP contribution is 2.28. The van der Waals surface area contributed by atoms with Crippen molar-refractivity contribution in [3.63, 3.8) is 0 Å². The van der Waals surface area contributed by atoms with E-state index in [0.717, 1.165) is 0 Å². The second-order valence-corrected chi connectivity index (χ2v) is 9.18. The fraction of sp³-hybridized carbons (Fsp3) is 0.333. The zero-order chi connectivity index (χ0) is 30.0. The van der Waals surface area contributed by atoms with Crippen LogP contribution >= 0.6 is 0 Å². The van der Waals surface area contributed by atoms with Gasteiger partial charge >= 0.3 is 12.3 Å². The number of rotatable bonds is 5. The SMILES string of the molecule is C=C(O)CC.Cc1cc(NCC(F)(F)F)c(C(=N)c2cn(C(=O)OC(C)(C)C)c3ccccc23)cn1.NC=O. The van der Waals surface area contributed by atoms with Crippen LogP contribution in [0.5, 0.6) is 0 Å². The first kappa shape index (κ1) is 32.7. The minimum Gasteiger partial charge on any atom is -0.513 e. The first-order chi connectivity index (χ1) is 18.0. The number of fused-ring (bicyclic) bond motifs is 1. The van der Waals surface area contributed by atoms with Crippen molar-refractivity contribution in [2.45, 2.75) is 52.8 Å². The molecule has 0 aliphatic carbocycles. The number of nitrogens with two attached hydrogens (primary N) is 1. The quantitative estimate of drug-likeness (QED) is 0.172. The summed E-state index contributed by atoms with van der Waals surface area (Å²) in [6.07, 6.45) is -1.28. The Bertz CT molecular complexity index is 1310. The van der Waals surface area contributed by atoms with Gasteiger partial charge in [0.15, 0.2) is 0 Å². The van der Waals surface area contributed by atoms with Crippen LogP contribution in [-0.2, 0) is 9.53 Å². The average molecular weight is 550 g/mol. The summed E-state index contributed by atoms with van der Waals surface area (Å²) in [5.74, 6) is 0.255. The van der Waals surface area contributed by atoms with Crippen molar-refractivity contribution in [3.05, 3.63) is 71.9 Å². The number of nitrogens with one attached hydrogen (secondary N) is 2.